The molecule has 1 aliphatic heterocycles. The first-order valence-electron chi connectivity index (χ1n) is 11.4. The Balaban J connectivity index is 1.55. The summed E-state index contributed by atoms with van der Waals surface area (Å²) in [6.07, 6.45) is 6.46. The second-order valence-corrected chi connectivity index (χ2v) is 9.10. The van der Waals surface area contributed by atoms with Gasteiger partial charge in [0.25, 0.3) is 0 Å². The number of hydrogen-bond donors (Lipinski definition) is 2. The van der Waals surface area contributed by atoms with Crippen LogP contribution in [0, 0.1) is 17.8 Å². The summed E-state index contributed by atoms with van der Waals surface area (Å²) >= 11 is 0. The van der Waals surface area contributed by atoms with Crippen LogP contribution >= 0.6 is 0 Å². The summed E-state index contributed by atoms with van der Waals surface area (Å²) in [5.74, 6) is 0.811. The van der Waals surface area contributed by atoms with Gasteiger partial charge in [-0.3, -0.25) is 9.59 Å². The highest BCUT2D eigenvalue weighted by molar-refractivity contribution is 5.89. The Labute approximate surface area is 175 Å². The molecular weight excluding hydrogens is 362 g/mol. The molecule has 1 heterocycles. The van der Waals surface area contributed by atoms with Gasteiger partial charge in [0.1, 0.15) is 6.04 Å². The van der Waals surface area contributed by atoms with Crippen LogP contribution in [0.15, 0.2) is 30.3 Å². The van der Waals surface area contributed by atoms with Crippen molar-refractivity contribution in [3.63, 3.8) is 0 Å². The van der Waals surface area contributed by atoms with Gasteiger partial charge in [-0.25, -0.2) is 0 Å². The number of piperidine rings is 1. The van der Waals surface area contributed by atoms with Crippen LogP contribution in [0.4, 0.5) is 0 Å². The van der Waals surface area contributed by atoms with Crippen LogP contribution in [0.1, 0.15) is 57.9 Å². The van der Waals surface area contributed by atoms with Gasteiger partial charge in [-0.05, 0) is 55.9 Å². The van der Waals surface area contributed by atoms with E-state index in [0.29, 0.717) is 5.92 Å². The van der Waals surface area contributed by atoms with Gasteiger partial charge in [-0.1, -0.05) is 50.6 Å². The molecule has 0 bridgehead atoms. The minimum absolute atomic E-state index is 0.00978. The van der Waals surface area contributed by atoms with E-state index in [-0.39, 0.29) is 29.7 Å². The third kappa shape index (κ3) is 5.81. The molecule has 2 amide bonds. The first-order valence-corrected chi connectivity index (χ1v) is 11.4. The first kappa shape index (κ1) is 21.8. The molecule has 0 aromatic heterocycles. The molecule has 0 spiro atoms. The van der Waals surface area contributed by atoms with Crippen molar-refractivity contribution in [1.82, 2.24) is 10.2 Å². The zero-order chi connectivity index (χ0) is 20.8. The van der Waals surface area contributed by atoms with Gasteiger partial charge in [0.2, 0.25) is 11.8 Å². The van der Waals surface area contributed by atoms with E-state index < -0.39 is 6.04 Å². The van der Waals surface area contributed by atoms with E-state index in [2.05, 4.69) is 43.4 Å². The van der Waals surface area contributed by atoms with Crippen molar-refractivity contribution in [3.8, 4) is 0 Å². The third-order valence-electron chi connectivity index (χ3n) is 6.91. The molecule has 1 saturated carbocycles. The molecule has 3 N–H and O–H groups in total. The number of likely N-dealkylation sites (tertiary alicyclic amines) is 1. The Morgan fingerprint density at radius 3 is 2.41 bits per heavy atom. The van der Waals surface area contributed by atoms with Gasteiger partial charge >= 0.3 is 0 Å². The van der Waals surface area contributed by atoms with Gasteiger partial charge in [0.05, 0.1) is 0 Å². The molecular formula is C24H37N3O2. The van der Waals surface area contributed by atoms with Crippen molar-refractivity contribution in [1.29, 1.82) is 0 Å². The standard InChI is InChI=1S/C24H37N3O2/c1-3-17(2)22(26-23(28)20-9-10-21(25)16-20)24(29)27-13-11-19(12-14-27)15-18-7-5-4-6-8-18/h4-8,17,19-22H,3,9-16,25H2,1-2H3,(H,26,28). The summed E-state index contributed by atoms with van der Waals surface area (Å²) in [5, 5.41) is 3.09. The van der Waals surface area contributed by atoms with E-state index in [1.807, 2.05) is 11.0 Å². The van der Waals surface area contributed by atoms with Crippen LogP contribution in [0.5, 0.6) is 0 Å². The van der Waals surface area contributed by atoms with E-state index in [9.17, 15) is 9.59 Å². The van der Waals surface area contributed by atoms with E-state index in [4.69, 9.17) is 5.73 Å². The monoisotopic (exact) mass is 399 g/mol. The predicted octanol–water partition coefficient (Wildman–Crippen LogP) is 3.13. The maximum atomic E-state index is 13.3. The number of rotatable bonds is 7. The van der Waals surface area contributed by atoms with Crippen molar-refractivity contribution in [2.24, 2.45) is 23.5 Å². The normalized spacial score (nSPS) is 24.9. The highest BCUT2D eigenvalue weighted by Gasteiger charge is 2.35. The molecule has 0 radical (unpaired) electrons. The first-order chi connectivity index (χ1) is 14.0. The van der Waals surface area contributed by atoms with Crippen molar-refractivity contribution >= 4 is 11.8 Å². The Kier molecular flexibility index (Phi) is 7.70. The van der Waals surface area contributed by atoms with Crippen molar-refractivity contribution in [2.45, 2.75) is 70.9 Å². The topological polar surface area (TPSA) is 75.4 Å². The van der Waals surface area contributed by atoms with Gasteiger partial charge in [0, 0.05) is 25.0 Å². The van der Waals surface area contributed by atoms with Gasteiger partial charge in [-0.2, -0.15) is 0 Å². The van der Waals surface area contributed by atoms with Crippen LogP contribution in [0.3, 0.4) is 0 Å². The fourth-order valence-electron chi connectivity index (χ4n) is 4.71. The maximum absolute atomic E-state index is 13.3. The van der Waals surface area contributed by atoms with E-state index in [1.165, 1.54) is 5.56 Å². The smallest absolute Gasteiger partial charge is 0.245 e. The van der Waals surface area contributed by atoms with Crippen LogP contribution in [-0.4, -0.2) is 41.9 Å². The van der Waals surface area contributed by atoms with Crippen LogP contribution in [-0.2, 0) is 16.0 Å². The zero-order valence-corrected chi connectivity index (χ0v) is 18.0. The molecule has 1 saturated heterocycles. The van der Waals surface area contributed by atoms with Crippen LogP contribution in [0.2, 0.25) is 0 Å². The summed E-state index contributed by atoms with van der Waals surface area (Å²) in [4.78, 5) is 28.0. The van der Waals surface area contributed by atoms with E-state index >= 15 is 0 Å². The van der Waals surface area contributed by atoms with Gasteiger partial charge in [0.15, 0.2) is 0 Å². The largest absolute Gasteiger partial charge is 0.344 e. The van der Waals surface area contributed by atoms with Crippen molar-refractivity contribution in [2.75, 3.05) is 13.1 Å². The molecule has 160 valence electrons. The molecule has 5 heteroatoms. The summed E-state index contributed by atoms with van der Waals surface area (Å²) in [5.41, 5.74) is 7.34. The van der Waals surface area contributed by atoms with Crippen LogP contribution < -0.4 is 11.1 Å². The molecule has 3 rings (SSSR count). The third-order valence-corrected chi connectivity index (χ3v) is 6.91. The molecule has 1 aliphatic carbocycles. The Morgan fingerprint density at radius 2 is 1.83 bits per heavy atom. The molecule has 1 aromatic carbocycles. The van der Waals surface area contributed by atoms with E-state index in [0.717, 1.165) is 58.0 Å². The number of benzene rings is 1. The fraction of sp³-hybridized carbons (Fsp3) is 0.667. The minimum atomic E-state index is -0.421. The van der Waals surface area contributed by atoms with Gasteiger partial charge in [-0.15, -0.1) is 0 Å². The fourth-order valence-corrected chi connectivity index (χ4v) is 4.71. The second-order valence-electron chi connectivity index (χ2n) is 9.10. The summed E-state index contributed by atoms with van der Waals surface area (Å²) < 4.78 is 0. The van der Waals surface area contributed by atoms with Crippen LogP contribution in [0.25, 0.3) is 0 Å². The Hall–Kier alpha value is -1.88. The molecule has 4 atom stereocenters. The molecule has 5 nitrogen and oxygen atoms in total. The zero-order valence-electron chi connectivity index (χ0n) is 18.0. The number of hydrogen-bond acceptors (Lipinski definition) is 3. The number of amides is 2. The SMILES string of the molecule is CCC(C)C(NC(=O)C1CCC(N)C1)C(=O)N1CCC(Cc2ccccc2)CC1. The lowest BCUT2D eigenvalue weighted by Gasteiger charge is -2.36. The summed E-state index contributed by atoms with van der Waals surface area (Å²) in [6, 6.07) is 10.3. The lowest BCUT2D eigenvalue weighted by atomic mass is 9.89. The van der Waals surface area contributed by atoms with E-state index in [1.54, 1.807) is 0 Å². The summed E-state index contributed by atoms with van der Waals surface area (Å²) in [7, 11) is 0. The highest BCUT2D eigenvalue weighted by Crippen LogP contribution is 2.26. The Bertz CT molecular complexity index is 670. The van der Waals surface area contributed by atoms with Crippen molar-refractivity contribution < 1.29 is 9.59 Å². The number of nitrogens with two attached hydrogens (primary N) is 1. The number of nitrogens with zero attached hydrogens (tertiary/aromatic N) is 1. The number of carbonyl (C=O) groups excluding carboxylic acids is 2. The Morgan fingerprint density at radius 1 is 1.14 bits per heavy atom. The molecule has 1 aromatic rings. The lowest BCUT2D eigenvalue weighted by molar-refractivity contribution is -0.140. The number of nitrogens with one attached hydrogen (secondary N) is 1. The van der Waals surface area contributed by atoms with Crippen molar-refractivity contribution in [3.05, 3.63) is 35.9 Å². The lowest BCUT2D eigenvalue weighted by Crippen LogP contribution is -2.54. The second kappa shape index (κ2) is 10.2. The number of carbonyl (C=O) groups is 2. The molecule has 4 unspecified atom stereocenters. The minimum Gasteiger partial charge on any atom is -0.344 e. The summed E-state index contributed by atoms with van der Waals surface area (Å²) in [6.45, 7) is 5.71. The molecule has 2 fully saturated rings. The quantitative estimate of drug-likeness (QED) is 0.740. The average Bonchev–Trinajstić information content (AvgIpc) is 3.18. The molecule has 2 aliphatic rings. The maximum Gasteiger partial charge on any atom is 0.245 e. The molecule has 29 heavy (non-hydrogen) atoms. The predicted molar refractivity (Wildman–Crippen MR) is 116 cm³/mol. The highest BCUT2D eigenvalue weighted by atomic mass is 16.2. The van der Waals surface area contributed by atoms with Gasteiger partial charge < -0.3 is 16.0 Å². The average molecular weight is 400 g/mol.